The van der Waals surface area contributed by atoms with E-state index in [1.165, 1.54) is 14.2 Å². The molecule has 16 heavy (non-hydrogen) atoms. The number of benzene rings is 1. The van der Waals surface area contributed by atoms with Crippen LogP contribution in [0.2, 0.25) is 0 Å². The smallest absolute Gasteiger partial charge is 0.289 e. The van der Waals surface area contributed by atoms with Crippen molar-refractivity contribution in [1.82, 2.24) is 5.32 Å². The highest BCUT2D eigenvalue weighted by molar-refractivity contribution is 5.89. The van der Waals surface area contributed by atoms with Crippen LogP contribution in [0.1, 0.15) is 11.1 Å². The van der Waals surface area contributed by atoms with Crippen molar-refractivity contribution in [3.8, 4) is 0 Å². The first kappa shape index (κ1) is 10.9. The van der Waals surface area contributed by atoms with Gasteiger partial charge in [-0.3, -0.25) is 4.79 Å². The van der Waals surface area contributed by atoms with E-state index in [0.717, 1.165) is 5.56 Å². The fourth-order valence-electron chi connectivity index (χ4n) is 1.86. The molecular formula is C12H13NO3. The SMILES string of the molecule is COC1(OC)C(=O)NC=Cc2ccccc21. The van der Waals surface area contributed by atoms with Crippen LogP contribution in [-0.2, 0) is 20.1 Å². The van der Waals surface area contributed by atoms with E-state index in [1.807, 2.05) is 30.3 Å². The standard InChI is InChI=1S/C12H13NO3/c1-15-12(16-2)10-6-4-3-5-9(10)7-8-13-11(12)14/h3-8H,1-2H3,(H,13,14). The summed E-state index contributed by atoms with van der Waals surface area (Å²) in [5.41, 5.74) is 1.59. The number of fused-ring (bicyclic) bond motifs is 1. The molecule has 1 aliphatic heterocycles. The minimum absolute atomic E-state index is 0.335. The summed E-state index contributed by atoms with van der Waals surface area (Å²) < 4.78 is 10.5. The van der Waals surface area contributed by atoms with Crippen molar-refractivity contribution in [2.45, 2.75) is 5.79 Å². The molecule has 1 heterocycles. The Bertz CT molecular complexity index is 436. The first-order valence-electron chi connectivity index (χ1n) is 4.92. The van der Waals surface area contributed by atoms with E-state index in [9.17, 15) is 4.79 Å². The van der Waals surface area contributed by atoms with Crippen molar-refractivity contribution >= 4 is 12.0 Å². The molecule has 0 aromatic heterocycles. The van der Waals surface area contributed by atoms with Crippen LogP contribution >= 0.6 is 0 Å². The average Bonchev–Trinajstić information content (AvgIpc) is 2.46. The summed E-state index contributed by atoms with van der Waals surface area (Å²) in [4.78, 5) is 11.9. The minimum Gasteiger partial charge on any atom is -0.342 e. The van der Waals surface area contributed by atoms with Gasteiger partial charge in [0, 0.05) is 26.0 Å². The van der Waals surface area contributed by atoms with Crippen LogP contribution in [0.15, 0.2) is 30.5 Å². The molecule has 84 valence electrons. The zero-order chi connectivity index (χ0) is 11.6. The number of methoxy groups -OCH3 is 2. The molecule has 4 heteroatoms. The van der Waals surface area contributed by atoms with Gasteiger partial charge in [-0.15, -0.1) is 0 Å². The van der Waals surface area contributed by atoms with Crippen molar-refractivity contribution in [3.63, 3.8) is 0 Å². The number of hydrogen-bond acceptors (Lipinski definition) is 3. The number of hydrogen-bond donors (Lipinski definition) is 1. The highest BCUT2D eigenvalue weighted by atomic mass is 16.7. The van der Waals surface area contributed by atoms with Gasteiger partial charge in [0.15, 0.2) is 0 Å². The minimum atomic E-state index is -1.37. The van der Waals surface area contributed by atoms with Crippen LogP contribution in [0.4, 0.5) is 0 Å². The first-order valence-corrected chi connectivity index (χ1v) is 4.92. The third-order valence-corrected chi connectivity index (χ3v) is 2.67. The van der Waals surface area contributed by atoms with Gasteiger partial charge in [-0.2, -0.15) is 0 Å². The van der Waals surface area contributed by atoms with E-state index in [-0.39, 0.29) is 5.91 Å². The normalized spacial score (nSPS) is 17.5. The van der Waals surface area contributed by atoms with Gasteiger partial charge in [0.05, 0.1) is 0 Å². The van der Waals surface area contributed by atoms with E-state index in [4.69, 9.17) is 9.47 Å². The third-order valence-electron chi connectivity index (χ3n) is 2.67. The average molecular weight is 219 g/mol. The van der Waals surface area contributed by atoms with Gasteiger partial charge >= 0.3 is 0 Å². The lowest BCUT2D eigenvalue weighted by atomic mass is 9.99. The molecule has 4 nitrogen and oxygen atoms in total. The Balaban J connectivity index is 2.65. The quantitative estimate of drug-likeness (QED) is 0.761. The van der Waals surface area contributed by atoms with Crippen molar-refractivity contribution in [2.75, 3.05) is 14.2 Å². The van der Waals surface area contributed by atoms with Gasteiger partial charge in [0.2, 0.25) is 0 Å². The zero-order valence-corrected chi connectivity index (χ0v) is 9.19. The molecule has 1 N–H and O–H groups in total. The fourth-order valence-corrected chi connectivity index (χ4v) is 1.86. The lowest BCUT2D eigenvalue weighted by molar-refractivity contribution is -0.214. The van der Waals surface area contributed by atoms with E-state index >= 15 is 0 Å². The Morgan fingerprint density at radius 1 is 1.19 bits per heavy atom. The molecule has 0 spiro atoms. The molecule has 0 aliphatic carbocycles. The molecule has 0 fully saturated rings. The van der Waals surface area contributed by atoms with Crippen molar-refractivity contribution in [1.29, 1.82) is 0 Å². The Kier molecular flexibility index (Phi) is 2.77. The van der Waals surface area contributed by atoms with Crippen LogP contribution in [0.5, 0.6) is 0 Å². The molecule has 0 radical (unpaired) electrons. The number of amides is 1. The van der Waals surface area contributed by atoms with E-state index in [0.29, 0.717) is 5.56 Å². The molecule has 0 saturated carbocycles. The summed E-state index contributed by atoms with van der Waals surface area (Å²) >= 11 is 0. The predicted molar refractivity (Wildman–Crippen MR) is 59.3 cm³/mol. The maximum absolute atomic E-state index is 11.9. The van der Waals surface area contributed by atoms with Gasteiger partial charge in [-0.05, 0) is 11.6 Å². The Labute approximate surface area is 93.9 Å². The maximum atomic E-state index is 11.9. The van der Waals surface area contributed by atoms with E-state index < -0.39 is 5.79 Å². The summed E-state index contributed by atoms with van der Waals surface area (Å²) in [6.07, 6.45) is 3.40. The van der Waals surface area contributed by atoms with Crippen molar-refractivity contribution in [2.24, 2.45) is 0 Å². The van der Waals surface area contributed by atoms with E-state index in [1.54, 1.807) is 6.20 Å². The molecule has 1 aromatic carbocycles. The van der Waals surface area contributed by atoms with Crippen molar-refractivity contribution in [3.05, 3.63) is 41.6 Å². The van der Waals surface area contributed by atoms with Crippen molar-refractivity contribution < 1.29 is 14.3 Å². The number of rotatable bonds is 2. The highest BCUT2D eigenvalue weighted by Gasteiger charge is 2.43. The van der Waals surface area contributed by atoms with Gasteiger partial charge < -0.3 is 14.8 Å². The lowest BCUT2D eigenvalue weighted by Crippen LogP contribution is -2.45. The molecule has 0 atom stereocenters. The molecule has 0 unspecified atom stereocenters. The fraction of sp³-hybridized carbons (Fsp3) is 0.250. The lowest BCUT2D eigenvalue weighted by Gasteiger charge is -2.29. The van der Waals surface area contributed by atoms with Gasteiger partial charge in [0.25, 0.3) is 11.7 Å². The Morgan fingerprint density at radius 2 is 1.88 bits per heavy atom. The predicted octanol–water partition coefficient (Wildman–Crippen LogP) is 1.23. The van der Waals surface area contributed by atoms with Crippen LogP contribution < -0.4 is 5.32 Å². The summed E-state index contributed by atoms with van der Waals surface area (Å²) in [7, 11) is 2.90. The summed E-state index contributed by atoms with van der Waals surface area (Å²) in [5, 5.41) is 2.61. The van der Waals surface area contributed by atoms with Crippen LogP contribution in [0, 0.1) is 0 Å². The van der Waals surface area contributed by atoms with Crippen LogP contribution in [0.3, 0.4) is 0 Å². The summed E-state index contributed by atoms with van der Waals surface area (Å²) in [6.45, 7) is 0. The third kappa shape index (κ3) is 1.43. The molecule has 1 aromatic rings. The molecular weight excluding hydrogens is 206 g/mol. The first-order chi connectivity index (χ1) is 7.74. The maximum Gasteiger partial charge on any atom is 0.289 e. The molecule has 0 bridgehead atoms. The van der Waals surface area contributed by atoms with E-state index in [2.05, 4.69) is 5.32 Å². The second kappa shape index (κ2) is 4.08. The summed E-state index contributed by atoms with van der Waals surface area (Å²) in [6, 6.07) is 7.46. The number of nitrogens with one attached hydrogen (secondary N) is 1. The molecule has 2 rings (SSSR count). The van der Waals surface area contributed by atoms with Gasteiger partial charge in [-0.25, -0.2) is 0 Å². The monoisotopic (exact) mass is 219 g/mol. The Hall–Kier alpha value is -1.65. The highest BCUT2D eigenvalue weighted by Crippen LogP contribution is 2.31. The summed E-state index contributed by atoms with van der Waals surface area (Å²) in [5.74, 6) is -1.71. The van der Waals surface area contributed by atoms with Gasteiger partial charge in [-0.1, -0.05) is 24.3 Å². The molecule has 1 aliphatic rings. The number of carbonyl (C=O) groups is 1. The number of ether oxygens (including phenoxy) is 2. The largest absolute Gasteiger partial charge is 0.342 e. The zero-order valence-electron chi connectivity index (χ0n) is 9.19. The molecule has 1 amide bonds. The Morgan fingerprint density at radius 3 is 2.56 bits per heavy atom. The topological polar surface area (TPSA) is 47.6 Å². The molecule has 0 saturated heterocycles. The van der Waals surface area contributed by atoms with Crippen LogP contribution in [-0.4, -0.2) is 20.1 Å². The second-order valence-electron chi connectivity index (χ2n) is 3.42. The van der Waals surface area contributed by atoms with Gasteiger partial charge in [0.1, 0.15) is 0 Å². The number of carbonyl (C=O) groups excluding carboxylic acids is 1. The second-order valence-corrected chi connectivity index (χ2v) is 3.42. The van der Waals surface area contributed by atoms with Crippen LogP contribution in [0.25, 0.3) is 6.08 Å².